The second kappa shape index (κ2) is 13.0. The third kappa shape index (κ3) is 7.25. The van der Waals surface area contributed by atoms with E-state index in [0.29, 0.717) is 21.5 Å². The number of anilines is 2. The predicted molar refractivity (Wildman–Crippen MR) is 191 cm³/mol. The van der Waals surface area contributed by atoms with E-state index >= 15 is 0 Å². The molecule has 6 rings (SSSR count). The van der Waals surface area contributed by atoms with Crippen LogP contribution < -0.4 is 9.44 Å². The van der Waals surface area contributed by atoms with Gasteiger partial charge in [0.05, 0.1) is 21.2 Å². The second-order valence-corrected chi connectivity index (χ2v) is 17.0. The van der Waals surface area contributed by atoms with Crippen LogP contribution in [-0.4, -0.2) is 42.8 Å². The topological polar surface area (TPSA) is 201 Å². The van der Waals surface area contributed by atoms with Crippen molar-refractivity contribution in [1.82, 2.24) is 0 Å². The highest BCUT2D eigenvalue weighted by Gasteiger charge is 2.23. The van der Waals surface area contributed by atoms with Crippen molar-refractivity contribution in [2.24, 2.45) is 0 Å². The standard InChI is InChI=1S/C34H26N2O10S4/c37-47(38,31-13-5-9-23-7-1-3-11-29(23)31)35-27-19-17-25(33(21-27)49(41,42)43)15-16-26-18-20-28(22-34(26)50(44,45)46)36-48(39,40)32-14-6-10-24-8-2-4-12-30(24)32/h1-22,35-36H,(H,41,42,43)(H,44,45,46)/b16-15+. The van der Waals surface area contributed by atoms with Crippen LogP contribution in [0.1, 0.15) is 11.1 Å². The summed E-state index contributed by atoms with van der Waals surface area (Å²) in [7, 11) is -18.4. The average Bonchev–Trinajstić information content (AvgIpc) is 3.06. The smallest absolute Gasteiger partial charge is 0.282 e. The van der Waals surface area contributed by atoms with Crippen molar-refractivity contribution < 1.29 is 42.8 Å². The fourth-order valence-corrected chi connectivity index (χ4v) is 9.36. The van der Waals surface area contributed by atoms with Crippen LogP contribution >= 0.6 is 0 Å². The van der Waals surface area contributed by atoms with E-state index in [1.165, 1.54) is 36.4 Å². The molecule has 0 bridgehead atoms. The number of hydrogen-bond donors (Lipinski definition) is 4. The first kappa shape index (κ1) is 34.8. The molecule has 50 heavy (non-hydrogen) atoms. The average molecular weight is 751 g/mol. The summed E-state index contributed by atoms with van der Waals surface area (Å²) in [6, 6.07) is 29.5. The van der Waals surface area contributed by atoms with Gasteiger partial charge < -0.3 is 0 Å². The molecular weight excluding hydrogens is 725 g/mol. The van der Waals surface area contributed by atoms with Crippen molar-refractivity contribution in [2.45, 2.75) is 19.6 Å². The maximum absolute atomic E-state index is 13.3. The highest BCUT2D eigenvalue weighted by atomic mass is 32.2. The van der Waals surface area contributed by atoms with E-state index in [9.17, 15) is 42.8 Å². The van der Waals surface area contributed by atoms with Gasteiger partial charge in [0.25, 0.3) is 40.3 Å². The molecule has 16 heteroatoms. The van der Waals surface area contributed by atoms with Crippen LogP contribution in [0.15, 0.2) is 141 Å². The zero-order chi connectivity index (χ0) is 35.9. The second-order valence-electron chi connectivity index (χ2n) is 11.0. The zero-order valence-corrected chi connectivity index (χ0v) is 28.8. The van der Waals surface area contributed by atoms with Crippen LogP contribution in [0.5, 0.6) is 0 Å². The highest BCUT2D eigenvalue weighted by Crippen LogP contribution is 2.30. The lowest BCUT2D eigenvalue weighted by Crippen LogP contribution is -2.14. The number of sulfonamides is 2. The molecule has 256 valence electrons. The lowest BCUT2D eigenvalue weighted by atomic mass is 10.1. The van der Waals surface area contributed by atoms with Crippen LogP contribution in [0.3, 0.4) is 0 Å². The lowest BCUT2D eigenvalue weighted by molar-refractivity contribution is 0.480. The lowest BCUT2D eigenvalue weighted by Gasteiger charge is -2.13. The monoisotopic (exact) mass is 750 g/mol. The summed E-state index contributed by atoms with van der Waals surface area (Å²) >= 11 is 0. The van der Waals surface area contributed by atoms with Gasteiger partial charge in [-0.25, -0.2) is 16.8 Å². The van der Waals surface area contributed by atoms with Gasteiger partial charge in [-0.1, -0.05) is 97.1 Å². The number of fused-ring (bicyclic) bond motifs is 2. The van der Waals surface area contributed by atoms with Crippen molar-refractivity contribution in [2.75, 3.05) is 9.44 Å². The molecule has 0 atom stereocenters. The minimum atomic E-state index is -4.95. The Labute approximate surface area is 288 Å². The molecule has 0 saturated heterocycles. The van der Waals surface area contributed by atoms with Gasteiger partial charge in [0.15, 0.2) is 0 Å². The molecule has 0 aliphatic heterocycles. The molecule has 4 N–H and O–H groups in total. The fourth-order valence-electron chi connectivity index (χ4n) is 5.38. The van der Waals surface area contributed by atoms with Crippen LogP contribution in [0.4, 0.5) is 11.4 Å². The maximum Gasteiger partial charge on any atom is 0.295 e. The minimum Gasteiger partial charge on any atom is -0.282 e. The van der Waals surface area contributed by atoms with Gasteiger partial charge in [-0.2, -0.15) is 16.8 Å². The van der Waals surface area contributed by atoms with E-state index in [1.54, 1.807) is 72.8 Å². The molecule has 0 unspecified atom stereocenters. The molecule has 0 saturated carbocycles. The number of benzene rings is 6. The first-order valence-electron chi connectivity index (χ1n) is 14.5. The molecule has 0 aromatic heterocycles. The van der Waals surface area contributed by atoms with Crippen molar-refractivity contribution >= 4 is 85.4 Å². The normalized spacial score (nSPS) is 12.8. The van der Waals surface area contributed by atoms with Crippen LogP contribution in [-0.2, 0) is 40.3 Å². The summed E-state index contributed by atoms with van der Waals surface area (Å²) in [5, 5.41) is 2.18. The van der Waals surface area contributed by atoms with Gasteiger partial charge in [-0.05, 0) is 58.3 Å². The van der Waals surface area contributed by atoms with Crippen LogP contribution in [0.2, 0.25) is 0 Å². The Kier molecular flexibility index (Phi) is 9.02. The number of hydrogen-bond acceptors (Lipinski definition) is 8. The third-order valence-electron chi connectivity index (χ3n) is 7.61. The van der Waals surface area contributed by atoms with Crippen molar-refractivity contribution in [3.63, 3.8) is 0 Å². The Balaban J connectivity index is 1.33. The largest absolute Gasteiger partial charge is 0.295 e. The van der Waals surface area contributed by atoms with E-state index in [2.05, 4.69) is 9.44 Å². The summed E-state index contributed by atoms with van der Waals surface area (Å²) in [5.41, 5.74) is -0.710. The van der Waals surface area contributed by atoms with Gasteiger partial charge in [0, 0.05) is 10.8 Å². The Bertz CT molecular complexity index is 2600. The van der Waals surface area contributed by atoms with Crippen molar-refractivity contribution in [1.29, 1.82) is 0 Å². The number of rotatable bonds is 10. The Morgan fingerprint density at radius 2 is 0.780 bits per heavy atom. The van der Waals surface area contributed by atoms with E-state index in [-0.39, 0.29) is 32.3 Å². The molecule has 0 fully saturated rings. The van der Waals surface area contributed by atoms with E-state index < -0.39 is 50.1 Å². The molecule has 12 nitrogen and oxygen atoms in total. The zero-order valence-electron chi connectivity index (χ0n) is 25.5. The van der Waals surface area contributed by atoms with E-state index in [4.69, 9.17) is 0 Å². The molecular formula is C34H26N2O10S4. The third-order valence-corrected chi connectivity index (χ3v) is 12.3. The van der Waals surface area contributed by atoms with Gasteiger partial charge in [0.1, 0.15) is 9.79 Å². The summed E-state index contributed by atoms with van der Waals surface area (Å²) in [4.78, 5) is -1.54. The first-order valence-corrected chi connectivity index (χ1v) is 20.3. The van der Waals surface area contributed by atoms with Gasteiger partial charge in [0.2, 0.25) is 0 Å². The molecule has 0 amide bonds. The van der Waals surface area contributed by atoms with Crippen molar-refractivity contribution in [3.8, 4) is 0 Å². The quantitative estimate of drug-likeness (QED) is 0.0915. The van der Waals surface area contributed by atoms with Gasteiger partial charge >= 0.3 is 0 Å². The molecule has 0 aliphatic carbocycles. The Morgan fingerprint density at radius 1 is 0.420 bits per heavy atom. The molecule has 6 aromatic rings. The fraction of sp³-hybridized carbons (Fsp3) is 0. The highest BCUT2D eigenvalue weighted by molar-refractivity contribution is 7.93. The summed E-state index contributed by atoms with van der Waals surface area (Å²) in [6.07, 6.45) is 2.24. The minimum absolute atomic E-state index is 0.0615. The first-order chi connectivity index (χ1) is 23.5. The molecule has 0 radical (unpaired) electrons. The van der Waals surface area contributed by atoms with Gasteiger partial charge in [-0.3, -0.25) is 18.5 Å². The SMILES string of the molecule is O=S(=O)(O)c1cc(NS(=O)(=O)c2cccc3ccccc23)ccc1/C=C/c1ccc(NS(=O)(=O)c2cccc3ccccc23)cc1S(=O)(=O)O. The van der Waals surface area contributed by atoms with Gasteiger partial charge in [-0.15, -0.1) is 0 Å². The van der Waals surface area contributed by atoms with Crippen LogP contribution in [0, 0.1) is 0 Å². The summed E-state index contributed by atoms with van der Waals surface area (Å²) in [5.74, 6) is 0. The summed E-state index contributed by atoms with van der Waals surface area (Å²) in [6.45, 7) is 0. The van der Waals surface area contributed by atoms with E-state index in [0.717, 1.165) is 24.3 Å². The Morgan fingerprint density at radius 3 is 1.16 bits per heavy atom. The number of nitrogens with one attached hydrogen (secondary N) is 2. The molecule has 6 aromatic carbocycles. The van der Waals surface area contributed by atoms with Crippen molar-refractivity contribution in [3.05, 3.63) is 132 Å². The maximum atomic E-state index is 13.3. The molecule has 0 aliphatic rings. The molecule has 0 spiro atoms. The predicted octanol–water partition coefficient (Wildman–Crippen LogP) is 6.26. The Hall–Kier alpha value is -5.10. The van der Waals surface area contributed by atoms with E-state index in [1.807, 2.05) is 0 Å². The summed E-state index contributed by atoms with van der Waals surface area (Å²) < 4.78 is 127. The molecule has 0 heterocycles. The van der Waals surface area contributed by atoms with Crippen LogP contribution in [0.25, 0.3) is 33.7 Å².